The van der Waals surface area contributed by atoms with Crippen LogP contribution in [0.3, 0.4) is 0 Å². The zero-order valence-corrected chi connectivity index (χ0v) is 11.7. The minimum Gasteiger partial charge on any atom is -0.376 e. The number of ether oxygens (including phenoxy) is 1. The molecular weight excluding hydrogens is 276 g/mol. The molecule has 0 spiro atoms. The van der Waals surface area contributed by atoms with Crippen LogP contribution in [0.15, 0.2) is 15.6 Å². The summed E-state index contributed by atoms with van der Waals surface area (Å²) < 4.78 is 11.6. The molecule has 2 aromatic heterocycles. The zero-order valence-electron chi connectivity index (χ0n) is 11.7. The first-order valence-corrected chi connectivity index (χ1v) is 6.85. The van der Waals surface area contributed by atoms with E-state index in [1.165, 1.54) is 10.9 Å². The number of fused-ring (bicyclic) bond motifs is 1. The van der Waals surface area contributed by atoms with Gasteiger partial charge in [-0.15, -0.1) is 0 Å². The number of hydrogen-bond acceptors (Lipinski definition) is 6. The van der Waals surface area contributed by atoms with E-state index in [-0.39, 0.29) is 29.8 Å². The van der Waals surface area contributed by atoms with Gasteiger partial charge in [0.15, 0.2) is 0 Å². The third kappa shape index (κ3) is 2.80. The Hall–Kier alpha value is -2.22. The van der Waals surface area contributed by atoms with Crippen LogP contribution in [0.2, 0.25) is 0 Å². The van der Waals surface area contributed by atoms with Crippen molar-refractivity contribution < 1.29 is 14.1 Å². The molecule has 0 unspecified atom stereocenters. The second kappa shape index (κ2) is 5.65. The van der Waals surface area contributed by atoms with E-state index in [2.05, 4.69) is 15.5 Å². The highest BCUT2D eigenvalue weighted by molar-refractivity contribution is 5.77. The molecule has 8 heteroatoms. The lowest BCUT2D eigenvalue weighted by molar-refractivity contribution is -0.122. The summed E-state index contributed by atoms with van der Waals surface area (Å²) >= 11 is 0. The first-order chi connectivity index (χ1) is 10.1. The van der Waals surface area contributed by atoms with Gasteiger partial charge in [-0.05, 0) is 19.8 Å². The van der Waals surface area contributed by atoms with Crippen molar-refractivity contribution in [1.82, 2.24) is 20.0 Å². The lowest BCUT2D eigenvalue weighted by Gasteiger charge is -2.11. The number of nitrogens with one attached hydrogen (secondary N) is 1. The maximum atomic E-state index is 12.2. The van der Waals surface area contributed by atoms with Crippen LogP contribution in [-0.2, 0) is 16.1 Å². The van der Waals surface area contributed by atoms with Crippen molar-refractivity contribution in [3.63, 3.8) is 0 Å². The molecule has 0 bridgehead atoms. The van der Waals surface area contributed by atoms with Gasteiger partial charge in [0.2, 0.25) is 5.91 Å². The number of carbonyl (C=O) groups is 1. The smallest absolute Gasteiger partial charge is 0.267 e. The highest BCUT2D eigenvalue weighted by atomic mass is 16.5. The van der Waals surface area contributed by atoms with Crippen LogP contribution >= 0.6 is 0 Å². The summed E-state index contributed by atoms with van der Waals surface area (Å²) in [7, 11) is 0. The first kappa shape index (κ1) is 13.7. The fourth-order valence-electron chi connectivity index (χ4n) is 2.37. The molecule has 1 atom stereocenters. The van der Waals surface area contributed by atoms with E-state index in [0.717, 1.165) is 19.4 Å². The van der Waals surface area contributed by atoms with Crippen molar-refractivity contribution in [1.29, 1.82) is 0 Å². The number of nitrogens with zero attached hydrogens (tertiary/aromatic N) is 3. The Morgan fingerprint density at radius 3 is 3.19 bits per heavy atom. The molecule has 1 aliphatic rings. The van der Waals surface area contributed by atoms with Crippen molar-refractivity contribution in [2.24, 2.45) is 0 Å². The third-order valence-corrected chi connectivity index (χ3v) is 3.50. The molecule has 8 nitrogen and oxygen atoms in total. The molecule has 3 rings (SSSR count). The molecule has 0 aromatic carbocycles. The van der Waals surface area contributed by atoms with E-state index in [4.69, 9.17) is 9.26 Å². The molecule has 1 amide bonds. The van der Waals surface area contributed by atoms with Gasteiger partial charge >= 0.3 is 0 Å². The summed E-state index contributed by atoms with van der Waals surface area (Å²) in [6, 6.07) is 0. The summed E-state index contributed by atoms with van der Waals surface area (Å²) in [6.07, 6.45) is 3.34. The van der Waals surface area contributed by atoms with Gasteiger partial charge in [-0.2, -0.15) is 0 Å². The number of amides is 1. The van der Waals surface area contributed by atoms with Crippen LogP contribution in [0.25, 0.3) is 11.1 Å². The van der Waals surface area contributed by atoms with Crippen LogP contribution in [0, 0.1) is 6.92 Å². The standard InChI is InChI=1S/C13H16N4O4/c1-8-11-12(21-16-8)15-7-17(13(11)19)6-10(18)14-5-9-3-2-4-20-9/h7,9H,2-6H2,1H3,(H,14,18)/t9-/m1/s1. The van der Waals surface area contributed by atoms with Gasteiger partial charge in [0.1, 0.15) is 18.3 Å². The fraction of sp³-hybridized carbons (Fsp3) is 0.538. The molecule has 21 heavy (non-hydrogen) atoms. The van der Waals surface area contributed by atoms with Crippen LogP contribution in [0.4, 0.5) is 0 Å². The van der Waals surface area contributed by atoms with Gasteiger partial charge in [0.05, 0.1) is 11.8 Å². The second-order valence-corrected chi connectivity index (χ2v) is 5.06. The lowest BCUT2D eigenvalue weighted by atomic mass is 10.2. The van der Waals surface area contributed by atoms with Crippen molar-refractivity contribution >= 4 is 17.0 Å². The highest BCUT2D eigenvalue weighted by Crippen LogP contribution is 2.11. The van der Waals surface area contributed by atoms with E-state index in [9.17, 15) is 9.59 Å². The van der Waals surface area contributed by atoms with Crippen LogP contribution in [0.1, 0.15) is 18.5 Å². The maximum absolute atomic E-state index is 12.2. The maximum Gasteiger partial charge on any atom is 0.267 e. The van der Waals surface area contributed by atoms with Crippen LogP contribution in [0.5, 0.6) is 0 Å². The summed E-state index contributed by atoms with van der Waals surface area (Å²) in [5, 5.41) is 6.77. The predicted octanol–water partition coefficient (Wildman–Crippen LogP) is -0.0119. The van der Waals surface area contributed by atoms with Crippen molar-refractivity contribution in [2.45, 2.75) is 32.4 Å². The zero-order chi connectivity index (χ0) is 14.8. The molecule has 2 aromatic rings. The van der Waals surface area contributed by atoms with Crippen molar-refractivity contribution in [3.8, 4) is 0 Å². The summed E-state index contributed by atoms with van der Waals surface area (Å²) in [6.45, 7) is 2.79. The number of carbonyl (C=O) groups excluding carboxylic acids is 1. The first-order valence-electron chi connectivity index (χ1n) is 6.85. The fourth-order valence-corrected chi connectivity index (χ4v) is 2.37. The van der Waals surface area contributed by atoms with Crippen LogP contribution in [-0.4, -0.2) is 39.9 Å². The quantitative estimate of drug-likeness (QED) is 0.850. The minimum absolute atomic E-state index is 0.0756. The number of hydrogen-bond donors (Lipinski definition) is 1. The predicted molar refractivity (Wildman–Crippen MR) is 72.8 cm³/mol. The molecule has 1 aliphatic heterocycles. The summed E-state index contributed by atoms with van der Waals surface area (Å²) in [4.78, 5) is 28.1. The van der Waals surface area contributed by atoms with Gasteiger partial charge in [0, 0.05) is 13.2 Å². The monoisotopic (exact) mass is 292 g/mol. The summed E-state index contributed by atoms with van der Waals surface area (Å²) in [5.41, 5.74) is 0.330. The Morgan fingerprint density at radius 1 is 1.57 bits per heavy atom. The molecule has 3 heterocycles. The Balaban J connectivity index is 1.69. The molecule has 1 fully saturated rings. The lowest BCUT2D eigenvalue weighted by Crippen LogP contribution is -2.36. The average molecular weight is 292 g/mol. The molecular formula is C13H16N4O4. The molecule has 0 radical (unpaired) electrons. The average Bonchev–Trinajstić information content (AvgIpc) is 3.10. The van der Waals surface area contributed by atoms with E-state index >= 15 is 0 Å². The van der Waals surface area contributed by atoms with Gasteiger partial charge in [0.25, 0.3) is 11.3 Å². The third-order valence-electron chi connectivity index (χ3n) is 3.50. The Labute approximate surface area is 120 Å². The largest absolute Gasteiger partial charge is 0.376 e. The van der Waals surface area contributed by atoms with Gasteiger partial charge in [-0.3, -0.25) is 14.2 Å². The minimum atomic E-state index is -0.328. The molecule has 112 valence electrons. The Kier molecular flexibility index (Phi) is 3.70. The molecule has 1 N–H and O–H groups in total. The highest BCUT2D eigenvalue weighted by Gasteiger charge is 2.17. The van der Waals surface area contributed by atoms with E-state index in [1.807, 2.05) is 0 Å². The molecule has 0 aliphatic carbocycles. The number of aryl methyl sites for hydroxylation is 1. The van der Waals surface area contributed by atoms with Crippen molar-refractivity contribution in [2.75, 3.05) is 13.2 Å². The van der Waals surface area contributed by atoms with Gasteiger partial charge in [-0.1, -0.05) is 5.16 Å². The molecule has 1 saturated heterocycles. The Bertz CT molecular complexity index is 715. The molecule has 0 saturated carbocycles. The SMILES string of the molecule is Cc1noc2ncn(CC(=O)NC[C@H]3CCCO3)c(=O)c12. The summed E-state index contributed by atoms with van der Waals surface area (Å²) in [5.74, 6) is -0.247. The number of aromatic nitrogens is 3. The topological polar surface area (TPSA) is 99.2 Å². The Morgan fingerprint density at radius 2 is 2.43 bits per heavy atom. The van der Waals surface area contributed by atoms with Gasteiger partial charge < -0.3 is 14.6 Å². The van der Waals surface area contributed by atoms with Crippen LogP contribution < -0.4 is 10.9 Å². The van der Waals surface area contributed by atoms with E-state index in [1.54, 1.807) is 6.92 Å². The van der Waals surface area contributed by atoms with Gasteiger partial charge in [-0.25, -0.2) is 4.98 Å². The van der Waals surface area contributed by atoms with E-state index in [0.29, 0.717) is 17.6 Å². The number of rotatable bonds is 4. The van der Waals surface area contributed by atoms with Crippen molar-refractivity contribution in [3.05, 3.63) is 22.4 Å². The second-order valence-electron chi connectivity index (χ2n) is 5.06. The van der Waals surface area contributed by atoms with E-state index < -0.39 is 0 Å². The normalized spacial score (nSPS) is 18.2.